The molecule has 0 spiro atoms. The highest BCUT2D eigenvalue weighted by Crippen LogP contribution is 2.03. The SMILES string of the molecule is CCC(C)(N)C(=O)NCCn1cnc(C(=O)O)c1. The van der Waals surface area contributed by atoms with Crippen molar-refractivity contribution in [3.05, 3.63) is 18.2 Å². The van der Waals surface area contributed by atoms with Gasteiger partial charge >= 0.3 is 5.97 Å². The van der Waals surface area contributed by atoms with E-state index in [0.717, 1.165) is 0 Å². The third-order valence-electron chi connectivity index (χ3n) is 2.76. The van der Waals surface area contributed by atoms with Crippen molar-refractivity contribution in [2.24, 2.45) is 5.73 Å². The predicted molar refractivity (Wildman–Crippen MR) is 65.1 cm³/mol. The van der Waals surface area contributed by atoms with Gasteiger partial charge in [0.1, 0.15) is 0 Å². The highest BCUT2D eigenvalue weighted by atomic mass is 16.4. The molecule has 0 bridgehead atoms. The molecule has 0 radical (unpaired) electrons. The fourth-order valence-electron chi connectivity index (χ4n) is 1.25. The molecule has 0 saturated carbocycles. The molecule has 1 atom stereocenters. The number of rotatable bonds is 6. The molecular weight excluding hydrogens is 236 g/mol. The van der Waals surface area contributed by atoms with E-state index in [4.69, 9.17) is 10.8 Å². The fraction of sp³-hybridized carbons (Fsp3) is 0.545. The molecule has 1 aromatic heterocycles. The van der Waals surface area contributed by atoms with Crippen LogP contribution in [-0.4, -0.2) is 38.6 Å². The lowest BCUT2D eigenvalue weighted by Gasteiger charge is -2.21. The van der Waals surface area contributed by atoms with E-state index in [1.807, 2.05) is 6.92 Å². The number of nitrogens with two attached hydrogens (primary N) is 1. The first kappa shape index (κ1) is 14.2. The molecule has 0 aliphatic heterocycles. The molecule has 1 amide bonds. The van der Waals surface area contributed by atoms with E-state index in [1.54, 1.807) is 11.5 Å². The van der Waals surface area contributed by atoms with E-state index in [9.17, 15) is 9.59 Å². The molecule has 1 rings (SSSR count). The topological polar surface area (TPSA) is 110 Å². The summed E-state index contributed by atoms with van der Waals surface area (Å²) in [5, 5.41) is 11.4. The number of hydrogen-bond donors (Lipinski definition) is 3. The van der Waals surface area contributed by atoms with E-state index >= 15 is 0 Å². The van der Waals surface area contributed by atoms with Crippen molar-refractivity contribution in [1.82, 2.24) is 14.9 Å². The number of aromatic nitrogens is 2. The van der Waals surface area contributed by atoms with Gasteiger partial charge < -0.3 is 20.7 Å². The Kier molecular flexibility index (Phi) is 4.43. The average Bonchev–Trinajstić information content (AvgIpc) is 2.77. The van der Waals surface area contributed by atoms with E-state index in [-0.39, 0.29) is 11.6 Å². The van der Waals surface area contributed by atoms with Crippen LogP contribution in [0.5, 0.6) is 0 Å². The zero-order valence-electron chi connectivity index (χ0n) is 10.5. The Morgan fingerprint density at radius 3 is 2.78 bits per heavy atom. The van der Waals surface area contributed by atoms with Crippen LogP contribution in [0.2, 0.25) is 0 Å². The molecule has 0 saturated heterocycles. The number of carbonyl (C=O) groups is 2. The van der Waals surface area contributed by atoms with Crippen molar-refractivity contribution < 1.29 is 14.7 Å². The van der Waals surface area contributed by atoms with Crippen LogP contribution in [0.1, 0.15) is 30.8 Å². The molecule has 0 fully saturated rings. The third-order valence-corrected chi connectivity index (χ3v) is 2.76. The zero-order chi connectivity index (χ0) is 13.8. The highest BCUT2D eigenvalue weighted by molar-refractivity contribution is 5.85. The molecule has 100 valence electrons. The summed E-state index contributed by atoms with van der Waals surface area (Å²) in [5.74, 6) is -1.29. The molecule has 1 unspecified atom stereocenters. The van der Waals surface area contributed by atoms with Gasteiger partial charge in [0.05, 0.1) is 11.9 Å². The second kappa shape index (κ2) is 5.63. The van der Waals surface area contributed by atoms with Crippen LogP contribution in [-0.2, 0) is 11.3 Å². The fourth-order valence-corrected chi connectivity index (χ4v) is 1.25. The number of aromatic carboxylic acids is 1. The maximum atomic E-state index is 11.6. The normalized spacial score (nSPS) is 13.9. The number of carboxylic acids is 1. The molecular formula is C11H18N4O3. The van der Waals surface area contributed by atoms with E-state index in [1.165, 1.54) is 12.5 Å². The van der Waals surface area contributed by atoms with Crippen molar-refractivity contribution in [1.29, 1.82) is 0 Å². The van der Waals surface area contributed by atoms with Crippen LogP contribution in [0.3, 0.4) is 0 Å². The molecule has 1 aromatic rings. The zero-order valence-corrected chi connectivity index (χ0v) is 10.5. The average molecular weight is 254 g/mol. The van der Waals surface area contributed by atoms with Gasteiger partial charge in [-0.05, 0) is 13.3 Å². The summed E-state index contributed by atoms with van der Waals surface area (Å²) in [5.41, 5.74) is 4.88. The summed E-state index contributed by atoms with van der Waals surface area (Å²) < 4.78 is 1.60. The van der Waals surface area contributed by atoms with Crippen molar-refractivity contribution >= 4 is 11.9 Å². The van der Waals surface area contributed by atoms with Gasteiger partial charge in [0, 0.05) is 19.3 Å². The molecule has 7 nitrogen and oxygen atoms in total. The minimum atomic E-state index is -1.07. The standard InChI is InChI=1S/C11H18N4O3/c1-3-11(2,12)10(18)13-4-5-15-6-8(9(16)17)14-7-15/h6-7H,3-5,12H2,1-2H3,(H,13,18)(H,16,17). The maximum Gasteiger partial charge on any atom is 0.356 e. The van der Waals surface area contributed by atoms with Crippen molar-refractivity contribution in [3.8, 4) is 0 Å². The van der Waals surface area contributed by atoms with Gasteiger partial charge in [0.2, 0.25) is 5.91 Å². The Morgan fingerprint density at radius 2 is 2.28 bits per heavy atom. The van der Waals surface area contributed by atoms with Gasteiger partial charge in [-0.1, -0.05) is 6.92 Å². The Bertz CT molecular complexity index is 439. The van der Waals surface area contributed by atoms with Crippen LogP contribution in [0.15, 0.2) is 12.5 Å². The second-order valence-corrected chi connectivity index (χ2v) is 4.33. The Balaban J connectivity index is 2.42. The Labute approximate surface area is 105 Å². The number of imidazole rings is 1. The van der Waals surface area contributed by atoms with Crippen LogP contribution < -0.4 is 11.1 Å². The van der Waals surface area contributed by atoms with E-state index in [2.05, 4.69) is 10.3 Å². The summed E-state index contributed by atoms with van der Waals surface area (Å²) >= 11 is 0. The molecule has 7 heteroatoms. The molecule has 0 aliphatic rings. The van der Waals surface area contributed by atoms with Crippen molar-refractivity contribution in [2.45, 2.75) is 32.4 Å². The predicted octanol–water partition coefficient (Wildman–Crippen LogP) is -0.175. The van der Waals surface area contributed by atoms with Gasteiger partial charge in [-0.25, -0.2) is 9.78 Å². The van der Waals surface area contributed by atoms with Gasteiger partial charge in [-0.3, -0.25) is 4.79 Å². The molecule has 1 heterocycles. The number of carbonyl (C=O) groups excluding carboxylic acids is 1. The monoisotopic (exact) mass is 254 g/mol. The van der Waals surface area contributed by atoms with Crippen LogP contribution in [0.4, 0.5) is 0 Å². The lowest BCUT2D eigenvalue weighted by molar-refractivity contribution is -0.125. The Hall–Kier alpha value is -1.89. The summed E-state index contributed by atoms with van der Waals surface area (Å²) in [7, 11) is 0. The molecule has 0 aliphatic carbocycles. The third kappa shape index (κ3) is 3.56. The number of nitrogens with one attached hydrogen (secondary N) is 1. The summed E-state index contributed by atoms with van der Waals surface area (Å²) in [6, 6.07) is 0. The lowest BCUT2D eigenvalue weighted by Crippen LogP contribution is -2.51. The van der Waals surface area contributed by atoms with Crippen LogP contribution in [0, 0.1) is 0 Å². The van der Waals surface area contributed by atoms with Crippen molar-refractivity contribution in [2.75, 3.05) is 6.54 Å². The smallest absolute Gasteiger partial charge is 0.356 e. The summed E-state index contributed by atoms with van der Waals surface area (Å²) in [6.07, 6.45) is 3.38. The minimum Gasteiger partial charge on any atom is -0.476 e. The van der Waals surface area contributed by atoms with E-state index < -0.39 is 11.5 Å². The molecule has 18 heavy (non-hydrogen) atoms. The van der Waals surface area contributed by atoms with Gasteiger partial charge in [0.25, 0.3) is 0 Å². The largest absolute Gasteiger partial charge is 0.476 e. The van der Waals surface area contributed by atoms with Gasteiger partial charge in [-0.15, -0.1) is 0 Å². The summed E-state index contributed by atoms with van der Waals surface area (Å²) in [6.45, 7) is 4.34. The maximum absolute atomic E-state index is 11.6. The number of carboxylic acid groups (broad SMARTS) is 1. The lowest BCUT2D eigenvalue weighted by atomic mass is 10.00. The van der Waals surface area contributed by atoms with Crippen LogP contribution >= 0.6 is 0 Å². The van der Waals surface area contributed by atoms with Crippen molar-refractivity contribution in [3.63, 3.8) is 0 Å². The Morgan fingerprint density at radius 1 is 1.61 bits per heavy atom. The highest BCUT2D eigenvalue weighted by Gasteiger charge is 2.25. The first-order valence-electron chi connectivity index (χ1n) is 5.69. The number of nitrogens with zero attached hydrogens (tertiary/aromatic N) is 2. The minimum absolute atomic E-state index is 0.0152. The quantitative estimate of drug-likeness (QED) is 0.652. The number of amides is 1. The second-order valence-electron chi connectivity index (χ2n) is 4.33. The first-order valence-corrected chi connectivity index (χ1v) is 5.69. The molecule has 4 N–H and O–H groups in total. The first-order chi connectivity index (χ1) is 8.36. The summed E-state index contributed by atoms with van der Waals surface area (Å²) in [4.78, 5) is 26.0. The van der Waals surface area contributed by atoms with Gasteiger partial charge in [-0.2, -0.15) is 0 Å². The molecule has 0 aromatic carbocycles. The van der Waals surface area contributed by atoms with Crippen LogP contribution in [0.25, 0.3) is 0 Å². The van der Waals surface area contributed by atoms with Gasteiger partial charge in [0.15, 0.2) is 5.69 Å². The van der Waals surface area contributed by atoms with E-state index in [0.29, 0.717) is 19.5 Å². The number of hydrogen-bond acceptors (Lipinski definition) is 4.